The lowest BCUT2D eigenvalue weighted by Gasteiger charge is -2.50. The monoisotopic (exact) mass is 833 g/mol. The van der Waals surface area contributed by atoms with Crippen LogP contribution in [0.4, 0.5) is 34.1 Å². The van der Waals surface area contributed by atoms with E-state index in [-0.39, 0.29) is 20.9 Å². The summed E-state index contributed by atoms with van der Waals surface area (Å²) >= 11 is 0. The summed E-state index contributed by atoms with van der Waals surface area (Å²) in [5.41, 5.74) is 16.2. The van der Waals surface area contributed by atoms with Crippen molar-refractivity contribution in [2.45, 2.75) is 7.43 Å². The highest BCUT2D eigenvalue weighted by Crippen LogP contribution is 2.43. The lowest BCUT2D eigenvalue weighted by atomic mass is 9.30. The third-order valence-electron chi connectivity index (χ3n) is 13.6. The predicted molar refractivity (Wildman–Crippen MR) is 273 cm³/mol. The third kappa shape index (κ3) is 5.29. The summed E-state index contributed by atoms with van der Waals surface area (Å²) < 4.78 is 0. The van der Waals surface area contributed by atoms with Crippen molar-refractivity contribution in [2.75, 3.05) is 9.80 Å². The van der Waals surface area contributed by atoms with Crippen molar-refractivity contribution in [3.05, 3.63) is 225 Å². The molecule has 300 valence electrons. The molecule has 10 aromatic rings. The van der Waals surface area contributed by atoms with Crippen molar-refractivity contribution in [3.8, 4) is 0 Å². The number of pyridine rings is 1. The van der Waals surface area contributed by atoms with Crippen molar-refractivity contribution in [3.63, 3.8) is 0 Å². The van der Waals surface area contributed by atoms with E-state index in [1.54, 1.807) is 6.20 Å². The highest BCUT2D eigenvalue weighted by Gasteiger charge is 2.55. The molecule has 0 spiro atoms. The molecular weight excluding hydrogens is 792 g/mol. The standard InChI is InChI=1S/C55H37B2N5Si.CH4/c1-4-18-38(19-5-1)56-42-25-10-14-30-47(42)62(48-31-16-28-45-54(48)60-35-34-59-45)49-36-51-53-55(52(49)56)61(39-20-17-33-58-37-39)46-29-13-11-26-43(46)57(53)44-27-12-15-32-50(44)63(51,40-21-6-2-7-22-40)41-23-8-3-9-24-41;/h1-37H;1H4. The largest absolute Gasteiger partial charge is 0.310 e. The first kappa shape index (κ1) is 37.9. The molecule has 2 aromatic heterocycles. The second-order valence-electron chi connectivity index (χ2n) is 16.7. The van der Waals surface area contributed by atoms with Crippen LogP contribution in [0.5, 0.6) is 0 Å². The normalized spacial score (nSPS) is 13.8. The van der Waals surface area contributed by atoms with E-state index >= 15 is 0 Å². The minimum Gasteiger partial charge on any atom is -0.310 e. The summed E-state index contributed by atoms with van der Waals surface area (Å²) in [6.45, 7) is -0.138. The first-order valence-corrected chi connectivity index (χ1v) is 23.7. The molecular formula is C56H41B2N5Si. The molecule has 8 aromatic carbocycles. The van der Waals surface area contributed by atoms with Crippen LogP contribution in [0.1, 0.15) is 7.43 Å². The van der Waals surface area contributed by atoms with Crippen LogP contribution < -0.4 is 63.3 Å². The van der Waals surface area contributed by atoms with Crippen LogP contribution in [0.15, 0.2) is 225 Å². The van der Waals surface area contributed by atoms with Gasteiger partial charge in [0.1, 0.15) is 5.52 Å². The number of nitrogens with zero attached hydrogens (tertiary/aromatic N) is 5. The van der Waals surface area contributed by atoms with Gasteiger partial charge in [-0.3, -0.25) is 15.0 Å². The number of rotatable bonds is 5. The fourth-order valence-electron chi connectivity index (χ4n) is 11.3. The Morgan fingerprint density at radius 2 is 1.02 bits per heavy atom. The van der Waals surface area contributed by atoms with E-state index in [1.807, 2.05) is 18.6 Å². The minimum absolute atomic E-state index is 0. The summed E-state index contributed by atoms with van der Waals surface area (Å²) in [4.78, 5) is 19.8. The van der Waals surface area contributed by atoms with Gasteiger partial charge in [-0.05, 0) is 85.1 Å². The van der Waals surface area contributed by atoms with Gasteiger partial charge in [0, 0.05) is 41.3 Å². The Bertz CT molecular complexity index is 3350. The summed E-state index contributed by atoms with van der Waals surface area (Å²) in [7, 11) is -3.12. The lowest BCUT2D eigenvalue weighted by molar-refractivity contribution is 1.23. The van der Waals surface area contributed by atoms with Crippen LogP contribution in [0.25, 0.3) is 11.0 Å². The first-order chi connectivity index (χ1) is 31.3. The molecule has 0 saturated heterocycles. The van der Waals surface area contributed by atoms with Crippen molar-refractivity contribution in [1.29, 1.82) is 0 Å². The van der Waals surface area contributed by atoms with Gasteiger partial charge < -0.3 is 9.80 Å². The second-order valence-corrected chi connectivity index (χ2v) is 20.4. The fraction of sp³-hybridized carbons (Fsp3) is 0.0179. The summed E-state index contributed by atoms with van der Waals surface area (Å²) in [6, 6.07) is 74.6. The van der Waals surface area contributed by atoms with Gasteiger partial charge in [0.05, 0.1) is 23.1 Å². The van der Waals surface area contributed by atoms with E-state index in [4.69, 9.17) is 15.0 Å². The Kier molecular flexibility index (Phi) is 8.85. The smallest absolute Gasteiger partial charge is 0.249 e. The zero-order valence-electron chi connectivity index (χ0n) is 34.3. The summed E-state index contributed by atoms with van der Waals surface area (Å²) in [6.07, 6.45) is 7.52. The van der Waals surface area contributed by atoms with E-state index in [2.05, 4.69) is 210 Å². The number of benzene rings is 8. The molecule has 5 heterocycles. The maximum atomic E-state index is 5.06. The Labute approximate surface area is 375 Å². The molecule has 0 saturated carbocycles. The Balaban J connectivity index is 0.00000433. The summed E-state index contributed by atoms with van der Waals surface area (Å²) in [5.74, 6) is 0. The average molecular weight is 834 g/mol. The second kappa shape index (κ2) is 14.9. The number of hydrogen-bond donors (Lipinski definition) is 0. The van der Waals surface area contributed by atoms with E-state index < -0.39 is 8.07 Å². The van der Waals surface area contributed by atoms with Crippen LogP contribution in [0.2, 0.25) is 0 Å². The van der Waals surface area contributed by atoms with Gasteiger partial charge in [0.15, 0.2) is 8.07 Å². The van der Waals surface area contributed by atoms with Crippen LogP contribution in [0.3, 0.4) is 0 Å². The Hall–Kier alpha value is -7.80. The van der Waals surface area contributed by atoms with Gasteiger partial charge in [-0.2, -0.15) is 0 Å². The van der Waals surface area contributed by atoms with Crippen LogP contribution in [-0.2, 0) is 0 Å². The molecule has 64 heavy (non-hydrogen) atoms. The van der Waals surface area contributed by atoms with Gasteiger partial charge in [0.25, 0.3) is 0 Å². The maximum Gasteiger partial charge on any atom is 0.249 e. The highest BCUT2D eigenvalue weighted by atomic mass is 28.3. The molecule has 0 atom stereocenters. The molecule has 8 heteroatoms. The molecule has 3 aliphatic heterocycles. The van der Waals surface area contributed by atoms with Crippen LogP contribution in [0, 0.1) is 0 Å². The molecule has 0 bridgehead atoms. The molecule has 0 N–H and O–H groups in total. The molecule has 0 amide bonds. The van der Waals surface area contributed by atoms with E-state index in [9.17, 15) is 0 Å². The third-order valence-corrected chi connectivity index (χ3v) is 18.5. The van der Waals surface area contributed by atoms with E-state index in [0.29, 0.717) is 0 Å². The van der Waals surface area contributed by atoms with Crippen molar-refractivity contribution in [1.82, 2.24) is 15.0 Å². The number of aromatic nitrogens is 3. The summed E-state index contributed by atoms with van der Waals surface area (Å²) in [5, 5.41) is 5.53. The van der Waals surface area contributed by atoms with E-state index in [1.165, 1.54) is 64.9 Å². The number of fused-ring (bicyclic) bond motifs is 8. The van der Waals surface area contributed by atoms with Gasteiger partial charge in [0.2, 0.25) is 13.4 Å². The van der Waals surface area contributed by atoms with Gasteiger partial charge in [-0.1, -0.05) is 176 Å². The lowest BCUT2D eigenvalue weighted by Crippen LogP contribution is -2.88. The number of anilines is 6. The molecule has 5 nitrogen and oxygen atoms in total. The fourth-order valence-corrected chi connectivity index (χ4v) is 16.6. The molecule has 0 unspecified atom stereocenters. The molecule has 0 fully saturated rings. The molecule has 13 rings (SSSR count). The van der Waals surface area contributed by atoms with Crippen molar-refractivity contribution >= 4 is 120 Å². The Morgan fingerprint density at radius 3 is 1.72 bits per heavy atom. The maximum absolute atomic E-state index is 5.06. The first-order valence-electron chi connectivity index (χ1n) is 21.7. The quantitative estimate of drug-likeness (QED) is 0.201. The zero-order chi connectivity index (χ0) is 41.5. The van der Waals surface area contributed by atoms with Crippen molar-refractivity contribution in [2.24, 2.45) is 0 Å². The van der Waals surface area contributed by atoms with Crippen LogP contribution >= 0.6 is 0 Å². The predicted octanol–water partition coefficient (Wildman–Crippen LogP) is 5.95. The van der Waals surface area contributed by atoms with Gasteiger partial charge in [-0.15, -0.1) is 0 Å². The highest BCUT2D eigenvalue weighted by molar-refractivity contribution is 7.27. The Morgan fingerprint density at radius 1 is 0.422 bits per heavy atom. The van der Waals surface area contributed by atoms with Gasteiger partial charge >= 0.3 is 0 Å². The SMILES string of the molecule is C.c1ccc(B2c3ccccc3N(c3cccc4nccnc34)c3cc4c5c(c32)N(c2cccnc2)c2ccccc2B5c2ccccc2[Si]4(c2ccccc2)c2ccccc2)cc1. The van der Waals surface area contributed by atoms with Gasteiger partial charge in [-0.25, -0.2) is 0 Å². The number of para-hydroxylation sites is 3. The minimum atomic E-state index is -3.12. The molecule has 0 radical (unpaired) electrons. The molecule has 3 aliphatic rings. The van der Waals surface area contributed by atoms with E-state index in [0.717, 1.165) is 33.8 Å². The number of hydrogen-bond acceptors (Lipinski definition) is 5. The topological polar surface area (TPSA) is 45.2 Å². The van der Waals surface area contributed by atoms with Crippen LogP contribution in [-0.4, -0.2) is 36.5 Å². The molecule has 0 aliphatic carbocycles. The zero-order valence-corrected chi connectivity index (χ0v) is 35.3. The van der Waals surface area contributed by atoms with Crippen molar-refractivity contribution < 1.29 is 0 Å². The average Bonchev–Trinajstić information content (AvgIpc) is 3.36.